The lowest BCUT2D eigenvalue weighted by Crippen LogP contribution is -2.03. The molecule has 0 N–H and O–H groups in total. The Labute approximate surface area is 145 Å². The largest absolute Gasteiger partial charge is 0.490 e. The predicted molar refractivity (Wildman–Crippen MR) is 95.4 cm³/mol. The molecule has 0 aliphatic carbocycles. The van der Waals surface area contributed by atoms with Gasteiger partial charge in [0, 0.05) is 15.6 Å². The van der Waals surface area contributed by atoms with Gasteiger partial charge in [-0.15, -0.1) is 6.58 Å². The third-order valence-corrected chi connectivity index (χ3v) is 3.78. The fraction of sp³-hybridized carbons (Fsp3) is 0.211. The van der Waals surface area contributed by atoms with Crippen molar-refractivity contribution >= 4 is 22.2 Å². The maximum Gasteiger partial charge on any atom is 0.165 e. The van der Waals surface area contributed by atoms with Crippen molar-refractivity contribution in [2.24, 2.45) is 0 Å². The summed E-state index contributed by atoms with van der Waals surface area (Å²) in [5.74, 6) is 1.26. The Hall–Kier alpha value is -2.07. The Morgan fingerprint density at radius 2 is 1.91 bits per heavy atom. The molecular formula is C19H19BrO3. The second-order valence-electron chi connectivity index (χ2n) is 4.97. The molecule has 2 rings (SSSR count). The number of hydrogen-bond acceptors (Lipinski definition) is 3. The van der Waals surface area contributed by atoms with E-state index in [9.17, 15) is 4.79 Å². The SMILES string of the molecule is C=CCc1cc(C=O)cc(OCC)c1OCc1ccc(Br)cc1. The Morgan fingerprint density at radius 3 is 2.52 bits per heavy atom. The summed E-state index contributed by atoms with van der Waals surface area (Å²) in [4.78, 5) is 11.1. The number of ether oxygens (including phenoxy) is 2. The zero-order valence-electron chi connectivity index (χ0n) is 13.0. The lowest BCUT2D eigenvalue weighted by molar-refractivity contribution is 0.112. The van der Waals surface area contributed by atoms with Crippen LogP contribution in [-0.2, 0) is 13.0 Å². The van der Waals surface area contributed by atoms with Crippen LogP contribution in [0.4, 0.5) is 0 Å². The van der Waals surface area contributed by atoms with Crippen LogP contribution in [0.2, 0.25) is 0 Å². The number of carbonyl (C=O) groups excluding carboxylic acids is 1. The van der Waals surface area contributed by atoms with Gasteiger partial charge in [-0.3, -0.25) is 4.79 Å². The van der Waals surface area contributed by atoms with Gasteiger partial charge in [0.1, 0.15) is 12.9 Å². The molecule has 2 aromatic rings. The molecule has 0 saturated heterocycles. The first-order chi connectivity index (χ1) is 11.2. The van der Waals surface area contributed by atoms with Crippen molar-refractivity contribution < 1.29 is 14.3 Å². The predicted octanol–water partition coefficient (Wildman–Crippen LogP) is 4.97. The third kappa shape index (κ3) is 4.70. The van der Waals surface area contributed by atoms with Crippen molar-refractivity contribution in [3.63, 3.8) is 0 Å². The molecule has 0 bridgehead atoms. The molecule has 3 nitrogen and oxygen atoms in total. The van der Waals surface area contributed by atoms with Crippen LogP contribution in [0.3, 0.4) is 0 Å². The minimum absolute atomic E-state index is 0.429. The first kappa shape index (κ1) is 17.3. The Bertz CT molecular complexity index is 678. The zero-order valence-corrected chi connectivity index (χ0v) is 14.6. The van der Waals surface area contributed by atoms with Gasteiger partial charge in [-0.25, -0.2) is 0 Å². The molecule has 0 aliphatic rings. The van der Waals surface area contributed by atoms with E-state index in [-0.39, 0.29) is 0 Å². The topological polar surface area (TPSA) is 35.5 Å². The van der Waals surface area contributed by atoms with Gasteiger partial charge < -0.3 is 9.47 Å². The average molecular weight is 375 g/mol. The van der Waals surface area contributed by atoms with Crippen molar-refractivity contribution in [3.8, 4) is 11.5 Å². The van der Waals surface area contributed by atoms with Gasteiger partial charge in [0.15, 0.2) is 11.5 Å². The summed E-state index contributed by atoms with van der Waals surface area (Å²) in [6.45, 7) is 6.60. The maximum atomic E-state index is 11.1. The van der Waals surface area contributed by atoms with Crippen molar-refractivity contribution in [2.45, 2.75) is 20.0 Å². The van der Waals surface area contributed by atoms with Crippen molar-refractivity contribution in [1.82, 2.24) is 0 Å². The molecule has 23 heavy (non-hydrogen) atoms. The maximum absolute atomic E-state index is 11.1. The van der Waals surface area contributed by atoms with Crippen LogP contribution >= 0.6 is 15.9 Å². The van der Waals surface area contributed by atoms with Crippen LogP contribution in [0.5, 0.6) is 11.5 Å². The van der Waals surface area contributed by atoms with Crippen LogP contribution in [0.25, 0.3) is 0 Å². The van der Waals surface area contributed by atoms with E-state index in [1.54, 1.807) is 12.1 Å². The summed E-state index contributed by atoms with van der Waals surface area (Å²) in [7, 11) is 0. The number of hydrogen-bond donors (Lipinski definition) is 0. The number of rotatable bonds is 8. The van der Waals surface area contributed by atoms with E-state index in [0.29, 0.717) is 36.7 Å². The monoisotopic (exact) mass is 374 g/mol. The molecule has 0 heterocycles. The summed E-state index contributed by atoms with van der Waals surface area (Å²) in [5, 5.41) is 0. The molecule has 120 valence electrons. The number of halogens is 1. The van der Waals surface area contributed by atoms with E-state index in [0.717, 1.165) is 21.9 Å². The quantitative estimate of drug-likeness (QED) is 0.483. The molecule has 0 fully saturated rings. The van der Waals surface area contributed by atoms with Gasteiger partial charge in [0.2, 0.25) is 0 Å². The van der Waals surface area contributed by atoms with E-state index in [4.69, 9.17) is 9.47 Å². The van der Waals surface area contributed by atoms with Gasteiger partial charge in [0.05, 0.1) is 6.61 Å². The first-order valence-corrected chi connectivity index (χ1v) is 8.20. The van der Waals surface area contributed by atoms with Gasteiger partial charge >= 0.3 is 0 Å². The minimum Gasteiger partial charge on any atom is -0.490 e. The highest BCUT2D eigenvalue weighted by Gasteiger charge is 2.13. The van der Waals surface area contributed by atoms with Crippen molar-refractivity contribution in [3.05, 3.63) is 70.2 Å². The number of allylic oxidation sites excluding steroid dienone is 1. The molecule has 0 aromatic heterocycles. The minimum atomic E-state index is 0.429. The highest BCUT2D eigenvalue weighted by Crippen LogP contribution is 2.34. The lowest BCUT2D eigenvalue weighted by atomic mass is 10.1. The highest BCUT2D eigenvalue weighted by atomic mass is 79.9. The molecule has 0 radical (unpaired) electrons. The average Bonchev–Trinajstić information content (AvgIpc) is 2.56. The second-order valence-corrected chi connectivity index (χ2v) is 5.88. The molecule has 0 saturated carbocycles. The third-order valence-electron chi connectivity index (χ3n) is 3.25. The van der Waals surface area contributed by atoms with E-state index in [1.165, 1.54) is 0 Å². The van der Waals surface area contributed by atoms with Crippen LogP contribution < -0.4 is 9.47 Å². The molecule has 0 aliphatic heterocycles. The summed E-state index contributed by atoms with van der Waals surface area (Å²) < 4.78 is 12.7. The van der Waals surface area contributed by atoms with Crippen molar-refractivity contribution in [2.75, 3.05) is 6.61 Å². The van der Waals surface area contributed by atoms with Crippen LogP contribution in [0, 0.1) is 0 Å². The molecule has 2 aromatic carbocycles. The fourth-order valence-electron chi connectivity index (χ4n) is 2.22. The van der Waals surface area contributed by atoms with E-state index in [2.05, 4.69) is 22.5 Å². The summed E-state index contributed by atoms with van der Waals surface area (Å²) in [6, 6.07) is 11.5. The first-order valence-electron chi connectivity index (χ1n) is 7.41. The van der Waals surface area contributed by atoms with Crippen LogP contribution in [-0.4, -0.2) is 12.9 Å². The van der Waals surface area contributed by atoms with Crippen LogP contribution in [0.1, 0.15) is 28.4 Å². The normalized spacial score (nSPS) is 10.2. The highest BCUT2D eigenvalue weighted by molar-refractivity contribution is 9.10. The number of carbonyl (C=O) groups is 1. The number of benzene rings is 2. The smallest absolute Gasteiger partial charge is 0.165 e. The van der Waals surface area contributed by atoms with Gasteiger partial charge in [0.25, 0.3) is 0 Å². The second kappa shape index (κ2) is 8.53. The van der Waals surface area contributed by atoms with Gasteiger partial charge in [-0.2, -0.15) is 0 Å². The van der Waals surface area contributed by atoms with E-state index < -0.39 is 0 Å². The Kier molecular flexibility index (Phi) is 6.41. The molecule has 0 spiro atoms. The Morgan fingerprint density at radius 1 is 1.17 bits per heavy atom. The Balaban J connectivity index is 2.31. The number of aldehydes is 1. The summed E-state index contributed by atoms with van der Waals surface area (Å²) in [6.07, 6.45) is 3.21. The van der Waals surface area contributed by atoms with E-state index in [1.807, 2.05) is 37.3 Å². The summed E-state index contributed by atoms with van der Waals surface area (Å²) in [5.41, 5.74) is 2.52. The lowest BCUT2D eigenvalue weighted by Gasteiger charge is -2.16. The zero-order chi connectivity index (χ0) is 16.7. The summed E-state index contributed by atoms with van der Waals surface area (Å²) >= 11 is 3.42. The molecule has 0 unspecified atom stereocenters. The standard InChI is InChI=1S/C19H19BrO3/c1-3-5-16-10-15(12-21)11-18(22-4-2)19(16)23-13-14-6-8-17(20)9-7-14/h3,6-12H,1,4-5,13H2,2H3. The van der Waals surface area contributed by atoms with Gasteiger partial charge in [-0.05, 0) is 43.2 Å². The van der Waals surface area contributed by atoms with Crippen LogP contribution in [0.15, 0.2) is 53.5 Å². The molecular weight excluding hydrogens is 356 g/mol. The molecule has 4 heteroatoms. The molecule has 0 atom stereocenters. The van der Waals surface area contributed by atoms with Gasteiger partial charge in [-0.1, -0.05) is 34.1 Å². The fourth-order valence-corrected chi connectivity index (χ4v) is 2.49. The molecule has 0 amide bonds. The van der Waals surface area contributed by atoms with E-state index >= 15 is 0 Å². The van der Waals surface area contributed by atoms with Crippen molar-refractivity contribution in [1.29, 1.82) is 0 Å².